The van der Waals surface area contributed by atoms with E-state index in [1.54, 1.807) is 0 Å². The van der Waals surface area contributed by atoms with E-state index in [9.17, 15) is 5.11 Å². The number of aliphatic hydroxyl groups excluding tert-OH is 1. The summed E-state index contributed by atoms with van der Waals surface area (Å²) in [6.45, 7) is 4.18. The monoisotopic (exact) mass is 508 g/mol. The quantitative estimate of drug-likeness (QED) is 0.275. The second-order valence-corrected chi connectivity index (χ2v) is 11.3. The number of ether oxygens (including phenoxy) is 1. The number of nitrogens with one attached hydrogen (secondary N) is 1. The molecule has 0 bridgehead atoms. The second-order valence-electron chi connectivity index (χ2n) is 9.79. The normalized spacial score (nSPS) is 16.9. The smallest absolute Gasteiger partial charge is 0.123 e. The molecule has 5 rings (SSSR count). The molecule has 2 aliphatic rings. The van der Waals surface area contributed by atoms with Crippen molar-refractivity contribution in [2.75, 3.05) is 12.4 Å². The molecule has 3 aromatic rings. The first-order chi connectivity index (χ1) is 17.0. The molecule has 1 heterocycles. The number of imidazole rings is 1. The molecule has 0 radical (unpaired) electrons. The van der Waals surface area contributed by atoms with Crippen molar-refractivity contribution in [1.82, 2.24) is 9.97 Å². The Balaban J connectivity index is 1.43. The van der Waals surface area contributed by atoms with Gasteiger partial charge >= 0.3 is 0 Å². The van der Waals surface area contributed by atoms with Gasteiger partial charge in [-0.3, -0.25) is 0 Å². The molecule has 2 N–H and O–H groups in total. The summed E-state index contributed by atoms with van der Waals surface area (Å²) < 4.78 is 6.08. The van der Waals surface area contributed by atoms with Crippen molar-refractivity contribution in [3.05, 3.63) is 76.3 Å². The van der Waals surface area contributed by atoms with E-state index in [4.69, 9.17) is 21.3 Å². The van der Waals surface area contributed by atoms with Crippen molar-refractivity contribution >= 4 is 40.0 Å². The van der Waals surface area contributed by atoms with Gasteiger partial charge in [-0.1, -0.05) is 29.8 Å². The van der Waals surface area contributed by atoms with E-state index in [0.29, 0.717) is 11.4 Å². The van der Waals surface area contributed by atoms with Crippen molar-refractivity contribution in [3.63, 3.8) is 0 Å². The molecule has 2 aromatic carbocycles. The van der Waals surface area contributed by atoms with Gasteiger partial charge < -0.3 is 14.8 Å². The number of thioether (sulfide) groups is 1. The minimum atomic E-state index is -0.00858. The lowest BCUT2D eigenvalue weighted by atomic mass is 9.95. The zero-order chi connectivity index (χ0) is 24.4. The molecule has 0 amide bonds. The Labute approximate surface area is 216 Å². The molecule has 184 valence electrons. The van der Waals surface area contributed by atoms with Crippen LogP contribution in [-0.4, -0.2) is 33.5 Å². The Bertz CT molecular complexity index is 1240. The zero-order valence-corrected chi connectivity index (χ0v) is 22.0. The summed E-state index contributed by atoms with van der Waals surface area (Å²) in [6, 6.07) is 12.8. The van der Waals surface area contributed by atoms with Gasteiger partial charge in [0.25, 0.3) is 0 Å². The highest BCUT2D eigenvalue weighted by Gasteiger charge is 2.23. The number of fused-ring (bicyclic) bond motifs is 1. The first-order valence-electron chi connectivity index (χ1n) is 12.6. The van der Waals surface area contributed by atoms with E-state index in [1.807, 2.05) is 31.7 Å². The zero-order valence-electron chi connectivity index (χ0n) is 20.4. The van der Waals surface area contributed by atoms with Crippen LogP contribution < -0.4 is 0 Å². The second kappa shape index (κ2) is 10.8. The summed E-state index contributed by atoms with van der Waals surface area (Å²) in [7, 11) is 0. The molecule has 1 unspecified atom stereocenters. The van der Waals surface area contributed by atoms with Gasteiger partial charge in [0.15, 0.2) is 0 Å². The van der Waals surface area contributed by atoms with Gasteiger partial charge in [-0.15, -0.1) is 11.8 Å². The summed E-state index contributed by atoms with van der Waals surface area (Å²) in [5.74, 6) is 3.85. The van der Waals surface area contributed by atoms with Gasteiger partial charge in [0.05, 0.1) is 22.2 Å². The number of aromatic amines is 1. The third-order valence-corrected chi connectivity index (χ3v) is 8.12. The van der Waals surface area contributed by atoms with Gasteiger partial charge in [-0.2, -0.15) is 0 Å². The number of allylic oxidation sites excluding steroid dienone is 3. The Morgan fingerprint density at radius 1 is 1.14 bits per heavy atom. The fraction of sp³-hybridized carbons (Fsp3) is 0.414. The maximum atomic E-state index is 9.81. The third-order valence-electron chi connectivity index (χ3n) is 6.57. The highest BCUT2D eigenvalue weighted by Crippen LogP contribution is 2.38. The summed E-state index contributed by atoms with van der Waals surface area (Å²) >= 11 is 8.70. The van der Waals surface area contributed by atoms with Crippen LogP contribution >= 0.6 is 23.4 Å². The molecule has 0 spiro atoms. The van der Waals surface area contributed by atoms with Crippen molar-refractivity contribution < 1.29 is 9.84 Å². The highest BCUT2D eigenvalue weighted by atomic mass is 35.5. The predicted octanol–water partition coefficient (Wildman–Crippen LogP) is 7.72. The van der Waals surface area contributed by atoms with Crippen molar-refractivity contribution in [2.24, 2.45) is 5.92 Å². The number of aromatic nitrogens is 2. The summed E-state index contributed by atoms with van der Waals surface area (Å²) in [5.41, 5.74) is 4.91. The first-order valence-corrected chi connectivity index (χ1v) is 14.0. The van der Waals surface area contributed by atoms with Crippen LogP contribution in [0, 0.1) is 5.92 Å². The number of halogens is 1. The van der Waals surface area contributed by atoms with Gasteiger partial charge in [-0.25, -0.2) is 4.98 Å². The molecule has 1 saturated carbocycles. The molecule has 0 saturated heterocycles. The fourth-order valence-electron chi connectivity index (χ4n) is 4.57. The van der Waals surface area contributed by atoms with Crippen LogP contribution in [0.2, 0.25) is 5.02 Å². The van der Waals surface area contributed by atoms with Crippen LogP contribution in [0.1, 0.15) is 68.8 Å². The number of H-pyrrole nitrogens is 1. The van der Waals surface area contributed by atoms with Crippen molar-refractivity contribution in [3.8, 4) is 0 Å². The number of benzene rings is 2. The van der Waals surface area contributed by atoms with Crippen LogP contribution in [0.25, 0.3) is 16.6 Å². The molecule has 0 aliphatic heterocycles. The third kappa shape index (κ3) is 5.79. The maximum Gasteiger partial charge on any atom is 0.123 e. The minimum Gasteiger partial charge on any atom is -0.491 e. The topological polar surface area (TPSA) is 58.1 Å². The van der Waals surface area contributed by atoms with Crippen LogP contribution in [0.4, 0.5) is 0 Å². The molecule has 1 atom stereocenters. The molecule has 35 heavy (non-hydrogen) atoms. The van der Waals surface area contributed by atoms with Crippen LogP contribution in [0.15, 0.2) is 59.2 Å². The van der Waals surface area contributed by atoms with Gasteiger partial charge in [0.2, 0.25) is 0 Å². The van der Waals surface area contributed by atoms with Gasteiger partial charge in [-0.05, 0) is 87.8 Å². The number of hydrogen-bond donors (Lipinski definition) is 2. The summed E-state index contributed by atoms with van der Waals surface area (Å²) in [5, 5.41) is 10.5. The van der Waals surface area contributed by atoms with Crippen molar-refractivity contribution in [2.45, 2.75) is 62.9 Å². The molecule has 1 fully saturated rings. The average molecular weight is 509 g/mol. The lowest BCUT2D eigenvalue weighted by Crippen LogP contribution is -2.06. The average Bonchev–Trinajstić information content (AvgIpc) is 3.59. The number of nitrogens with zero attached hydrogens (tertiary/aromatic N) is 1. The van der Waals surface area contributed by atoms with E-state index in [-0.39, 0.29) is 18.6 Å². The van der Waals surface area contributed by atoms with E-state index in [0.717, 1.165) is 58.1 Å². The molecule has 2 aliphatic carbocycles. The molecule has 1 aromatic heterocycles. The van der Waals surface area contributed by atoms with E-state index < -0.39 is 0 Å². The van der Waals surface area contributed by atoms with E-state index in [2.05, 4.69) is 47.5 Å². The fourth-order valence-corrected chi connectivity index (χ4v) is 5.92. The Kier molecular flexibility index (Phi) is 7.56. The largest absolute Gasteiger partial charge is 0.491 e. The van der Waals surface area contributed by atoms with Gasteiger partial charge in [0, 0.05) is 34.3 Å². The molecule has 6 heteroatoms. The van der Waals surface area contributed by atoms with Gasteiger partial charge in [0.1, 0.15) is 11.6 Å². The first kappa shape index (κ1) is 24.5. The van der Waals surface area contributed by atoms with Crippen molar-refractivity contribution in [1.29, 1.82) is 0 Å². The Morgan fingerprint density at radius 2 is 1.91 bits per heavy atom. The Hall–Kier alpha value is -2.21. The predicted molar refractivity (Wildman–Crippen MR) is 146 cm³/mol. The lowest BCUT2D eigenvalue weighted by Gasteiger charge is -2.20. The molecule has 4 nitrogen and oxygen atoms in total. The van der Waals surface area contributed by atoms with Crippen LogP contribution in [0.3, 0.4) is 0 Å². The minimum absolute atomic E-state index is 0.00858. The highest BCUT2D eigenvalue weighted by molar-refractivity contribution is 7.99. The number of hydrogen-bond acceptors (Lipinski definition) is 4. The summed E-state index contributed by atoms with van der Waals surface area (Å²) in [6.07, 6.45) is 9.75. The maximum absolute atomic E-state index is 9.81. The SMILES string of the molecule is CC(C)OC1=CCCC=C1c1cc2nc(C(CCO)c3ccc(SCC4CC4)cc3)[nH]c2cc1Cl. The number of rotatable bonds is 10. The van der Waals surface area contributed by atoms with E-state index >= 15 is 0 Å². The molecular formula is C29H33ClN2O2S. The lowest BCUT2D eigenvalue weighted by molar-refractivity contribution is 0.159. The summed E-state index contributed by atoms with van der Waals surface area (Å²) in [4.78, 5) is 9.75. The standard InChI is InChI=1S/C29H33ClN2O2S/c1-18(2)34-28-6-4-3-5-23(28)24-15-26-27(16-25(24)30)32-29(31-26)22(13-14-33)20-9-11-21(12-10-20)35-17-19-7-8-19/h5-6,9-12,15-16,18-19,22,33H,3-4,7-8,13-14,17H2,1-2H3,(H,31,32). The van der Waals surface area contributed by atoms with Crippen LogP contribution in [0.5, 0.6) is 0 Å². The Morgan fingerprint density at radius 3 is 2.63 bits per heavy atom. The van der Waals surface area contributed by atoms with Crippen LogP contribution in [-0.2, 0) is 4.74 Å². The number of aliphatic hydroxyl groups is 1. The van der Waals surface area contributed by atoms with E-state index in [1.165, 1.54) is 23.5 Å². The molecular weight excluding hydrogens is 476 g/mol.